The highest BCUT2D eigenvalue weighted by atomic mass is 79.9. The lowest BCUT2D eigenvalue weighted by Crippen LogP contribution is -2.20. The molecule has 0 aliphatic rings. The molecule has 16 heavy (non-hydrogen) atoms. The van der Waals surface area contributed by atoms with Crippen LogP contribution in [0.15, 0.2) is 24.3 Å². The first-order valence-corrected chi connectivity index (χ1v) is 8.15. The Morgan fingerprint density at radius 2 is 1.75 bits per heavy atom. The van der Waals surface area contributed by atoms with Crippen molar-refractivity contribution in [1.29, 1.82) is 0 Å². The molecule has 0 N–H and O–H groups in total. The highest BCUT2D eigenvalue weighted by molar-refractivity contribution is 9.09. The van der Waals surface area contributed by atoms with E-state index in [1.54, 1.807) is 6.92 Å². The molecular formula is C12H17BrO2S. The molecule has 0 aliphatic heterocycles. The lowest BCUT2D eigenvalue weighted by atomic mass is 10.1. The third kappa shape index (κ3) is 3.32. The number of hydrogen-bond acceptors (Lipinski definition) is 2. The summed E-state index contributed by atoms with van der Waals surface area (Å²) in [6.45, 7) is 3.82. The van der Waals surface area contributed by atoms with E-state index in [-0.39, 0.29) is 4.83 Å². The maximum Gasteiger partial charge on any atom is 0.151 e. The van der Waals surface area contributed by atoms with Gasteiger partial charge in [-0.25, -0.2) is 8.42 Å². The average Bonchev–Trinajstić information content (AvgIpc) is 2.26. The van der Waals surface area contributed by atoms with Crippen LogP contribution in [-0.2, 0) is 16.3 Å². The Balaban J connectivity index is 2.92. The van der Waals surface area contributed by atoms with E-state index < -0.39 is 15.1 Å². The maximum absolute atomic E-state index is 11.4. The minimum absolute atomic E-state index is 0.145. The van der Waals surface area contributed by atoms with Gasteiger partial charge >= 0.3 is 0 Å². The molecule has 0 amide bonds. The van der Waals surface area contributed by atoms with Crippen LogP contribution in [0.4, 0.5) is 0 Å². The summed E-state index contributed by atoms with van der Waals surface area (Å²) in [5.74, 6) is 0. The van der Waals surface area contributed by atoms with Crippen molar-refractivity contribution in [3.05, 3.63) is 35.4 Å². The van der Waals surface area contributed by atoms with Crippen molar-refractivity contribution in [3.63, 3.8) is 0 Å². The monoisotopic (exact) mass is 304 g/mol. The lowest BCUT2D eigenvalue weighted by molar-refractivity contribution is 0.588. The molecular weight excluding hydrogens is 288 g/mol. The zero-order valence-corrected chi connectivity index (χ0v) is 12.2. The van der Waals surface area contributed by atoms with Gasteiger partial charge in [0.15, 0.2) is 9.84 Å². The van der Waals surface area contributed by atoms with Crippen molar-refractivity contribution in [2.24, 2.45) is 0 Å². The summed E-state index contributed by atoms with van der Waals surface area (Å²) in [5, 5.41) is -0.417. The van der Waals surface area contributed by atoms with Crippen molar-refractivity contribution in [2.45, 2.75) is 30.3 Å². The van der Waals surface area contributed by atoms with E-state index in [0.717, 1.165) is 12.0 Å². The van der Waals surface area contributed by atoms with Crippen LogP contribution in [0.25, 0.3) is 0 Å². The Morgan fingerprint density at radius 3 is 2.12 bits per heavy atom. The van der Waals surface area contributed by atoms with Gasteiger partial charge in [0, 0.05) is 6.26 Å². The number of hydrogen-bond donors (Lipinski definition) is 0. The standard InChI is InChI=1S/C12H17BrO2S/c1-4-10-5-7-11(8-6-10)12(13)9(2)16(3,14)15/h5-9,12H,4H2,1-3H3. The van der Waals surface area contributed by atoms with Gasteiger partial charge in [-0.2, -0.15) is 0 Å². The Hall–Kier alpha value is -0.350. The van der Waals surface area contributed by atoms with Crippen LogP contribution in [0.2, 0.25) is 0 Å². The molecule has 0 aromatic heterocycles. The molecule has 0 saturated carbocycles. The van der Waals surface area contributed by atoms with Crippen LogP contribution in [0.5, 0.6) is 0 Å². The first kappa shape index (κ1) is 13.7. The summed E-state index contributed by atoms with van der Waals surface area (Å²) in [6, 6.07) is 8.05. The summed E-state index contributed by atoms with van der Waals surface area (Å²) in [5.41, 5.74) is 2.27. The van der Waals surface area contributed by atoms with Crippen LogP contribution in [-0.4, -0.2) is 19.9 Å². The molecule has 2 atom stereocenters. The average molecular weight is 305 g/mol. The van der Waals surface area contributed by atoms with Crippen molar-refractivity contribution >= 4 is 25.8 Å². The third-order valence-corrected chi connectivity index (χ3v) is 6.09. The molecule has 90 valence electrons. The SMILES string of the molecule is CCc1ccc(C(Br)C(C)S(C)(=O)=O)cc1. The topological polar surface area (TPSA) is 34.1 Å². The molecule has 2 nitrogen and oxygen atoms in total. The number of benzene rings is 1. The van der Waals surface area contributed by atoms with E-state index in [9.17, 15) is 8.42 Å². The Bertz CT molecular complexity index is 437. The normalized spacial score (nSPS) is 15.8. The van der Waals surface area contributed by atoms with Gasteiger partial charge in [-0.05, 0) is 24.5 Å². The van der Waals surface area contributed by atoms with E-state index in [1.807, 2.05) is 24.3 Å². The van der Waals surface area contributed by atoms with Crippen LogP contribution in [0, 0.1) is 0 Å². The molecule has 0 spiro atoms. The number of sulfone groups is 1. The first-order valence-electron chi connectivity index (χ1n) is 5.28. The van der Waals surface area contributed by atoms with E-state index in [1.165, 1.54) is 11.8 Å². The predicted octanol–water partition coefficient (Wildman–Crippen LogP) is 3.12. The molecule has 0 aliphatic carbocycles. The molecule has 0 heterocycles. The number of aryl methyl sites for hydroxylation is 1. The van der Waals surface area contributed by atoms with Crippen molar-refractivity contribution in [3.8, 4) is 0 Å². The van der Waals surface area contributed by atoms with Gasteiger partial charge < -0.3 is 0 Å². The molecule has 1 aromatic carbocycles. The lowest BCUT2D eigenvalue weighted by Gasteiger charge is -2.17. The highest BCUT2D eigenvalue weighted by Crippen LogP contribution is 2.30. The second kappa shape index (κ2) is 5.32. The van der Waals surface area contributed by atoms with Gasteiger partial charge in [-0.1, -0.05) is 47.1 Å². The van der Waals surface area contributed by atoms with Crippen LogP contribution in [0.1, 0.15) is 29.8 Å². The molecule has 2 unspecified atom stereocenters. The number of halogens is 1. The molecule has 0 saturated heterocycles. The third-order valence-electron chi connectivity index (χ3n) is 2.79. The van der Waals surface area contributed by atoms with Crippen molar-refractivity contribution < 1.29 is 8.42 Å². The second-order valence-electron chi connectivity index (χ2n) is 4.03. The molecule has 1 aromatic rings. The maximum atomic E-state index is 11.4. The van der Waals surface area contributed by atoms with Gasteiger partial charge in [0.25, 0.3) is 0 Å². The fraction of sp³-hybridized carbons (Fsp3) is 0.500. The van der Waals surface area contributed by atoms with Crippen LogP contribution in [0.3, 0.4) is 0 Å². The minimum Gasteiger partial charge on any atom is -0.229 e. The van der Waals surface area contributed by atoms with E-state index >= 15 is 0 Å². The summed E-state index contributed by atoms with van der Waals surface area (Å²) in [7, 11) is -3.01. The fourth-order valence-electron chi connectivity index (χ4n) is 1.43. The molecule has 0 radical (unpaired) electrons. The molecule has 0 bridgehead atoms. The van der Waals surface area contributed by atoms with Crippen LogP contribution >= 0.6 is 15.9 Å². The highest BCUT2D eigenvalue weighted by Gasteiger charge is 2.24. The van der Waals surface area contributed by atoms with E-state index in [2.05, 4.69) is 22.9 Å². The zero-order chi connectivity index (χ0) is 12.3. The summed E-state index contributed by atoms with van der Waals surface area (Å²) < 4.78 is 22.9. The Morgan fingerprint density at radius 1 is 1.25 bits per heavy atom. The molecule has 0 fully saturated rings. The van der Waals surface area contributed by atoms with Gasteiger partial charge in [0.2, 0.25) is 0 Å². The van der Waals surface area contributed by atoms with Crippen molar-refractivity contribution in [1.82, 2.24) is 0 Å². The quantitative estimate of drug-likeness (QED) is 0.801. The summed E-state index contributed by atoms with van der Waals surface area (Å²) >= 11 is 3.45. The molecule has 1 rings (SSSR count). The van der Waals surface area contributed by atoms with Crippen molar-refractivity contribution in [2.75, 3.05) is 6.26 Å². The number of rotatable bonds is 4. The molecule has 4 heteroatoms. The second-order valence-corrected chi connectivity index (χ2v) is 7.42. The number of alkyl halides is 1. The summed E-state index contributed by atoms with van der Waals surface area (Å²) in [6.07, 6.45) is 2.27. The largest absolute Gasteiger partial charge is 0.229 e. The Labute approximate surface area is 106 Å². The predicted molar refractivity (Wildman–Crippen MR) is 71.8 cm³/mol. The van der Waals surface area contributed by atoms with E-state index in [4.69, 9.17) is 0 Å². The van der Waals surface area contributed by atoms with E-state index in [0.29, 0.717) is 0 Å². The fourth-order valence-corrected chi connectivity index (χ4v) is 3.50. The van der Waals surface area contributed by atoms with Gasteiger partial charge in [-0.3, -0.25) is 0 Å². The van der Waals surface area contributed by atoms with Crippen LogP contribution < -0.4 is 0 Å². The van der Waals surface area contributed by atoms with Gasteiger partial charge in [-0.15, -0.1) is 0 Å². The minimum atomic E-state index is -3.01. The first-order chi connectivity index (χ1) is 7.36. The zero-order valence-electron chi connectivity index (χ0n) is 9.77. The summed E-state index contributed by atoms with van der Waals surface area (Å²) in [4.78, 5) is -0.145. The van der Waals surface area contributed by atoms with Gasteiger partial charge in [0.1, 0.15) is 0 Å². The smallest absolute Gasteiger partial charge is 0.151 e. The Kier molecular flexibility index (Phi) is 4.56. The van der Waals surface area contributed by atoms with Gasteiger partial charge in [0.05, 0.1) is 10.1 Å².